The summed E-state index contributed by atoms with van der Waals surface area (Å²) in [6, 6.07) is 4.42. The number of ether oxygens (including phenoxy) is 1. The van der Waals surface area contributed by atoms with Crippen LogP contribution in [0.3, 0.4) is 0 Å². The summed E-state index contributed by atoms with van der Waals surface area (Å²) in [6.07, 6.45) is -3.76. The molecule has 7 nitrogen and oxygen atoms in total. The Hall–Kier alpha value is -2.88. The number of Topliss-reactive ketones (excluding diaryl/α,β-unsaturated/α-hetero) is 1. The largest absolute Gasteiger partial charge is 0.435 e. The van der Waals surface area contributed by atoms with Crippen LogP contribution in [0, 0.1) is 5.41 Å². The molecular formula is C21H23F3N4O3. The summed E-state index contributed by atoms with van der Waals surface area (Å²) < 4.78 is 47.5. The van der Waals surface area contributed by atoms with Crippen molar-refractivity contribution in [2.24, 2.45) is 11.1 Å². The number of nitrogens with zero attached hydrogens (tertiary/aromatic N) is 2. The number of amides is 1. The maximum atomic E-state index is 13.7. The minimum absolute atomic E-state index is 0.0177. The number of anilines is 1. The zero-order chi connectivity index (χ0) is 22.6. The van der Waals surface area contributed by atoms with Gasteiger partial charge in [-0.25, -0.2) is 4.68 Å². The average molecular weight is 436 g/mol. The number of nitrogens with two attached hydrogens (primary N) is 1. The Morgan fingerprint density at radius 3 is 2.68 bits per heavy atom. The van der Waals surface area contributed by atoms with E-state index in [9.17, 15) is 22.8 Å². The van der Waals surface area contributed by atoms with Gasteiger partial charge >= 0.3 is 6.18 Å². The number of hydrogen-bond acceptors (Lipinski definition) is 5. The highest BCUT2D eigenvalue weighted by atomic mass is 19.4. The molecule has 2 aliphatic rings. The second-order valence-electron chi connectivity index (χ2n) is 8.82. The lowest BCUT2D eigenvalue weighted by Crippen LogP contribution is -2.29. The molecule has 4 rings (SSSR count). The molecule has 0 spiro atoms. The predicted molar refractivity (Wildman–Crippen MR) is 106 cm³/mol. The SMILES string of the molecule is CC1(C)CC(=O)c2c(C(F)(F)F)nn(-c3ccc(C(N)=O)c(N[C@H]4CCOC4)c3)c2C1. The van der Waals surface area contributed by atoms with Gasteiger partial charge in [0, 0.05) is 18.7 Å². The van der Waals surface area contributed by atoms with Crippen LogP contribution in [0.4, 0.5) is 18.9 Å². The lowest BCUT2D eigenvalue weighted by atomic mass is 9.75. The molecule has 1 saturated heterocycles. The molecule has 166 valence electrons. The van der Waals surface area contributed by atoms with E-state index in [2.05, 4.69) is 10.4 Å². The molecule has 1 aromatic heterocycles. The van der Waals surface area contributed by atoms with Crippen LogP contribution in [0.15, 0.2) is 18.2 Å². The number of halogens is 3. The van der Waals surface area contributed by atoms with Crippen molar-refractivity contribution < 1.29 is 27.5 Å². The van der Waals surface area contributed by atoms with Gasteiger partial charge in [-0.15, -0.1) is 0 Å². The molecular weight excluding hydrogens is 413 g/mol. The minimum Gasteiger partial charge on any atom is -0.379 e. The summed E-state index contributed by atoms with van der Waals surface area (Å²) in [6.45, 7) is 4.69. The van der Waals surface area contributed by atoms with Crippen molar-refractivity contribution in [3.05, 3.63) is 40.7 Å². The standard InChI is InChI=1S/C21H23F3N4O3/c1-20(2)8-15-17(16(29)9-20)18(21(22,23)24)27-28(15)12-3-4-13(19(25)30)14(7-12)26-11-5-6-31-10-11/h3-4,7,11,26H,5-6,8-10H2,1-2H3,(H2,25,30)/t11-/m0/s1. The van der Waals surface area contributed by atoms with Gasteiger partial charge in [-0.05, 0) is 36.5 Å². The van der Waals surface area contributed by atoms with E-state index in [4.69, 9.17) is 10.5 Å². The van der Waals surface area contributed by atoms with Crippen LogP contribution in [-0.4, -0.2) is 40.7 Å². The second-order valence-corrected chi connectivity index (χ2v) is 8.82. The molecule has 0 saturated carbocycles. The Morgan fingerprint density at radius 2 is 2.06 bits per heavy atom. The fourth-order valence-corrected chi connectivity index (χ4v) is 4.23. The van der Waals surface area contributed by atoms with Crippen LogP contribution in [-0.2, 0) is 17.3 Å². The number of alkyl halides is 3. The number of ketones is 1. The first-order valence-electron chi connectivity index (χ1n) is 9.97. The van der Waals surface area contributed by atoms with Crippen molar-refractivity contribution in [1.29, 1.82) is 0 Å². The maximum Gasteiger partial charge on any atom is 0.435 e. The van der Waals surface area contributed by atoms with E-state index in [0.717, 1.165) is 11.1 Å². The van der Waals surface area contributed by atoms with Crippen LogP contribution in [0.2, 0.25) is 0 Å². The van der Waals surface area contributed by atoms with E-state index in [1.165, 1.54) is 18.2 Å². The van der Waals surface area contributed by atoms with Gasteiger partial charge in [0.25, 0.3) is 5.91 Å². The van der Waals surface area contributed by atoms with E-state index in [0.29, 0.717) is 24.6 Å². The zero-order valence-electron chi connectivity index (χ0n) is 17.2. The van der Waals surface area contributed by atoms with Crippen LogP contribution in [0.5, 0.6) is 0 Å². The van der Waals surface area contributed by atoms with Crippen molar-refractivity contribution in [2.75, 3.05) is 18.5 Å². The number of aromatic nitrogens is 2. The number of primary amides is 1. The molecule has 1 aliphatic heterocycles. The molecule has 0 bridgehead atoms. The topological polar surface area (TPSA) is 99.2 Å². The van der Waals surface area contributed by atoms with Crippen LogP contribution in [0.1, 0.15) is 58.8 Å². The molecule has 1 aromatic carbocycles. The number of fused-ring (bicyclic) bond motifs is 1. The average Bonchev–Trinajstić information content (AvgIpc) is 3.27. The van der Waals surface area contributed by atoms with Gasteiger partial charge in [0.05, 0.1) is 35.2 Å². The Morgan fingerprint density at radius 1 is 1.32 bits per heavy atom. The number of nitrogens with one attached hydrogen (secondary N) is 1. The number of carbonyl (C=O) groups is 2. The minimum atomic E-state index is -4.76. The molecule has 31 heavy (non-hydrogen) atoms. The van der Waals surface area contributed by atoms with Gasteiger partial charge in [-0.2, -0.15) is 18.3 Å². The van der Waals surface area contributed by atoms with E-state index >= 15 is 0 Å². The fraction of sp³-hybridized carbons (Fsp3) is 0.476. The third-order valence-electron chi connectivity index (χ3n) is 5.62. The van der Waals surface area contributed by atoms with Gasteiger partial charge in [-0.1, -0.05) is 13.8 Å². The van der Waals surface area contributed by atoms with Crippen molar-refractivity contribution in [3.63, 3.8) is 0 Å². The van der Waals surface area contributed by atoms with Gasteiger partial charge < -0.3 is 15.8 Å². The van der Waals surface area contributed by atoms with Crippen LogP contribution < -0.4 is 11.1 Å². The second kappa shape index (κ2) is 7.37. The number of carbonyl (C=O) groups excluding carboxylic acids is 2. The van der Waals surface area contributed by atoms with E-state index in [-0.39, 0.29) is 35.7 Å². The highest BCUT2D eigenvalue weighted by Gasteiger charge is 2.45. The quantitative estimate of drug-likeness (QED) is 0.766. The summed E-state index contributed by atoms with van der Waals surface area (Å²) in [4.78, 5) is 24.5. The van der Waals surface area contributed by atoms with E-state index < -0.39 is 29.0 Å². The summed E-state index contributed by atoms with van der Waals surface area (Å²) in [5, 5.41) is 6.99. The lowest BCUT2D eigenvalue weighted by molar-refractivity contribution is -0.141. The summed E-state index contributed by atoms with van der Waals surface area (Å²) in [5.74, 6) is -1.23. The van der Waals surface area contributed by atoms with Crippen LogP contribution in [0.25, 0.3) is 5.69 Å². The van der Waals surface area contributed by atoms with E-state index in [1.54, 1.807) is 0 Å². The highest BCUT2D eigenvalue weighted by molar-refractivity contribution is 6.00. The third-order valence-corrected chi connectivity index (χ3v) is 5.62. The Bertz CT molecular complexity index is 1050. The molecule has 1 atom stereocenters. The summed E-state index contributed by atoms with van der Waals surface area (Å²) in [7, 11) is 0. The number of hydrogen-bond donors (Lipinski definition) is 2. The Kier molecular flexibility index (Phi) is 5.07. The third kappa shape index (κ3) is 4.04. The van der Waals surface area contributed by atoms with Crippen molar-refractivity contribution >= 4 is 17.4 Å². The van der Waals surface area contributed by atoms with E-state index in [1.807, 2.05) is 13.8 Å². The van der Waals surface area contributed by atoms with Crippen LogP contribution >= 0.6 is 0 Å². The predicted octanol–water partition coefficient (Wildman–Crippen LogP) is 3.35. The van der Waals surface area contributed by atoms with Crippen molar-refractivity contribution in [3.8, 4) is 5.69 Å². The molecule has 1 aliphatic carbocycles. The van der Waals surface area contributed by atoms with Gasteiger partial charge in [-0.3, -0.25) is 9.59 Å². The van der Waals surface area contributed by atoms with Gasteiger partial charge in [0.1, 0.15) is 0 Å². The summed E-state index contributed by atoms with van der Waals surface area (Å²) in [5.41, 5.74) is 4.55. The van der Waals surface area contributed by atoms with Gasteiger partial charge in [0.2, 0.25) is 0 Å². The van der Waals surface area contributed by atoms with Gasteiger partial charge in [0.15, 0.2) is 11.5 Å². The highest BCUT2D eigenvalue weighted by Crippen LogP contribution is 2.42. The molecule has 2 heterocycles. The monoisotopic (exact) mass is 436 g/mol. The first-order valence-corrected chi connectivity index (χ1v) is 9.97. The first kappa shape index (κ1) is 21.4. The molecule has 3 N–H and O–H groups in total. The molecule has 0 unspecified atom stereocenters. The first-order chi connectivity index (χ1) is 14.5. The van der Waals surface area contributed by atoms with Crippen molar-refractivity contribution in [1.82, 2.24) is 9.78 Å². The molecule has 10 heteroatoms. The maximum absolute atomic E-state index is 13.7. The molecule has 2 aromatic rings. The normalized spacial score (nSPS) is 20.5. The fourth-order valence-electron chi connectivity index (χ4n) is 4.23. The zero-order valence-corrected chi connectivity index (χ0v) is 17.2. The molecule has 1 fully saturated rings. The smallest absolute Gasteiger partial charge is 0.379 e. The number of benzene rings is 1. The Balaban J connectivity index is 1.86. The Labute approximate surface area is 176 Å². The molecule has 1 amide bonds. The molecule has 0 radical (unpaired) electrons. The number of rotatable bonds is 4. The van der Waals surface area contributed by atoms with Crippen molar-refractivity contribution in [2.45, 2.75) is 45.3 Å². The summed E-state index contributed by atoms with van der Waals surface area (Å²) >= 11 is 0. The lowest BCUT2D eigenvalue weighted by Gasteiger charge is -2.29.